The first kappa shape index (κ1) is 15.2. The van der Waals surface area contributed by atoms with E-state index in [0.717, 1.165) is 10.5 Å². The molecule has 0 bridgehead atoms. The van der Waals surface area contributed by atoms with E-state index >= 15 is 0 Å². The molecule has 1 aliphatic rings. The molecule has 3 amide bonds. The second kappa shape index (κ2) is 5.85. The number of amides is 3. The molecule has 2 N–H and O–H groups in total. The van der Waals surface area contributed by atoms with Crippen molar-refractivity contribution in [1.29, 1.82) is 0 Å². The van der Waals surface area contributed by atoms with Crippen molar-refractivity contribution >= 4 is 11.9 Å². The highest BCUT2D eigenvalue weighted by molar-refractivity contribution is 6.07. The lowest BCUT2D eigenvalue weighted by Gasteiger charge is -2.23. The van der Waals surface area contributed by atoms with Crippen LogP contribution in [0.4, 0.5) is 4.79 Å². The Bertz CT molecular complexity index is 718. The molecule has 1 fully saturated rings. The van der Waals surface area contributed by atoms with Gasteiger partial charge in [-0.05, 0) is 18.1 Å². The van der Waals surface area contributed by atoms with Crippen molar-refractivity contribution in [2.45, 2.75) is 18.6 Å². The van der Waals surface area contributed by atoms with Gasteiger partial charge >= 0.3 is 6.03 Å². The predicted octanol–water partition coefficient (Wildman–Crippen LogP) is 2.19. The van der Waals surface area contributed by atoms with Crippen molar-refractivity contribution in [1.82, 2.24) is 10.2 Å². The summed E-state index contributed by atoms with van der Waals surface area (Å²) in [5, 5.41) is 13.0. The van der Waals surface area contributed by atoms with Gasteiger partial charge in [-0.25, -0.2) is 4.79 Å². The smallest absolute Gasteiger partial charge is 0.325 e. The molecular weight excluding hydrogens is 292 g/mol. The number of imide groups is 1. The van der Waals surface area contributed by atoms with E-state index in [-0.39, 0.29) is 12.5 Å². The van der Waals surface area contributed by atoms with Crippen molar-refractivity contribution in [2.24, 2.45) is 0 Å². The number of hydrogen-bond donors (Lipinski definition) is 2. The first-order valence-corrected chi connectivity index (χ1v) is 7.45. The number of aliphatic hydroxyl groups excluding tert-OH is 1. The topological polar surface area (TPSA) is 69.6 Å². The molecule has 2 atom stereocenters. The van der Waals surface area contributed by atoms with Crippen LogP contribution in [0, 0.1) is 0 Å². The fourth-order valence-corrected chi connectivity index (χ4v) is 2.78. The van der Waals surface area contributed by atoms with Gasteiger partial charge in [0.05, 0.1) is 12.6 Å². The number of rotatable bonds is 4. The minimum Gasteiger partial charge on any atom is -0.387 e. The Morgan fingerprint density at radius 3 is 2.22 bits per heavy atom. The number of urea groups is 1. The van der Waals surface area contributed by atoms with Gasteiger partial charge in [-0.15, -0.1) is 0 Å². The molecule has 118 valence electrons. The third-order valence-corrected chi connectivity index (χ3v) is 4.17. The average Bonchev–Trinajstić information content (AvgIpc) is 2.81. The number of nitrogens with zero attached hydrogens (tertiary/aromatic N) is 1. The molecule has 1 heterocycles. The van der Waals surface area contributed by atoms with Gasteiger partial charge in [0.1, 0.15) is 5.54 Å². The van der Waals surface area contributed by atoms with Crippen LogP contribution in [0.1, 0.15) is 24.2 Å². The maximum Gasteiger partial charge on any atom is 0.325 e. The molecular formula is C18H18N2O3. The summed E-state index contributed by atoms with van der Waals surface area (Å²) in [6.45, 7) is 1.61. The van der Waals surface area contributed by atoms with Crippen LogP contribution >= 0.6 is 0 Å². The summed E-state index contributed by atoms with van der Waals surface area (Å²) in [6.07, 6.45) is -0.913. The van der Waals surface area contributed by atoms with Crippen molar-refractivity contribution in [3.63, 3.8) is 0 Å². The van der Waals surface area contributed by atoms with Crippen LogP contribution in [-0.2, 0) is 10.3 Å². The van der Waals surface area contributed by atoms with Crippen LogP contribution in [0.5, 0.6) is 0 Å². The quantitative estimate of drug-likeness (QED) is 0.851. The van der Waals surface area contributed by atoms with E-state index in [1.54, 1.807) is 43.3 Å². The second-order valence-corrected chi connectivity index (χ2v) is 5.76. The highest BCUT2D eigenvalue weighted by Gasteiger charge is 2.49. The number of aliphatic hydroxyl groups is 1. The zero-order valence-electron chi connectivity index (χ0n) is 12.8. The first-order chi connectivity index (χ1) is 11.0. The Morgan fingerprint density at radius 2 is 1.61 bits per heavy atom. The molecule has 0 radical (unpaired) electrons. The molecule has 0 aromatic heterocycles. The third kappa shape index (κ3) is 2.71. The van der Waals surface area contributed by atoms with E-state index in [0.29, 0.717) is 5.56 Å². The summed E-state index contributed by atoms with van der Waals surface area (Å²) < 4.78 is 0. The zero-order chi connectivity index (χ0) is 16.4. The normalized spacial score (nSPS) is 22.1. The fourth-order valence-electron chi connectivity index (χ4n) is 2.78. The van der Waals surface area contributed by atoms with E-state index in [4.69, 9.17) is 0 Å². The molecule has 0 saturated carbocycles. The Balaban J connectivity index is 1.82. The minimum atomic E-state index is -1.10. The van der Waals surface area contributed by atoms with Crippen molar-refractivity contribution in [2.75, 3.05) is 6.54 Å². The van der Waals surface area contributed by atoms with E-state index < -0.39 is 17.7 Å². The van der Waals surface area contributed by atoms with Gasteiger partial charge in [0.15, 0.2) is 0 Å². The standard InChI is InChI=1S/C18H18N2O3/c1-18(14-10-6-3-7-11-14)16(22)20(17(23)19-18)12-15(21)13-8-4-2-5-9-13/h2-11,15,21H,12H2,1H3,(H,19,23)/t15-,18+/m1/s1. The lowest BCUT2D eigenvalue weighted by atomic mass is 9.92. The lowest BCUT2D eigenvalue weighted by molar-refractivity contribution is -0.132. The largest absolute Gasteiger partial charge is 0.387 e. The van der Waals surface area contributed by atoms with Crippen LogP contribution in [0.2, 0.25) is 0 Å². The van der Waals surface area contributed by atoms with Crippen LogP contribution in [0.15, 0.2) is 60.7 Å². The molecule has 0 unspecified atom stereocenters. The third-order valence-electron chi connectivity index (χ3n) is 4.17. The Labute approximate surface area is 134 Å². The van der Waals surface area contributed by atoms with E-state index in [9.17, 15) is 14.7 Å². The minimum absolute atomic E-state index is 0.0723. The summed E-state index contributed by atoms with van der Waals surface area (Å²) >= 11 is 0. The van der Waals surface area contributed by atoms with Gasteiger partial charge in [-0.1, -0.05) is 60.7 Å². The number of carbonyl (C=O) groups excluding carboxylic acids is 2. The van der Waals surface area contributed by atoms with Gasteiger partial charge in [-0.3, -0.25) is 9.69 Å². The maximum atomic E-state index is 12.7. The SMILES string of the molecule is C[C@@]1(c2ccccc2)NC(=O)N(C[C@@H](O)c2ccccc2)C1=O. The molecule has 2 aromatic carbocycles. The average molecular weight is 310 g/mol. The fraction of sp³-hybridized carbons (Fsp3) is 0.222. The summed E-state index contributed by atoms with van der Waals surface area (Å²) in [7, 11) is 0. The van der Waals surface area contributed by atoms with Gasteiger partial charge in [0.2, 0.25) is 0 Å². The first-order valence-electron chi connectivity index (χ1n) is 7.45. The summed E-state index contributed by atoms with van der Waals surface area (Å²) in [5.74, 6) is -0.358. The van der Waals surface area contributed by atoms with Crippen LogP contribution in [-0.4, -0.2) is 28.5 Å². The van der Waals surface area contributed by atoms with Crippen LogP contribution in [0.25, 0.3) is 0 Å². The molecule has 0 spiro atoms. The maximum absolute atomic E-state index is 12.7. The van der Waals surface area contributed by atoms with E-state index in [1.165, 1.54) is 0 Å². The number of nitrogens with one attached hydrogen (secondary N) is 1. The van der Waals surface area contributed by atoms with Gasteiger partial charge in [0.25, 0.3) is 5.91 Å². The van der Waals surface area contributed by atoms with Crippen LogP contribution < -0.4 is 5.32 Å². The molecule has 1 aliphatic heterocycles. The molecule has 2 aromatic rings. The van der Waals surface area contributed by atoms with Crippen molar-refractivity contribution < 1.29 is 14.7 Å². The van der Waals surface area contributed by atoms with E-state index in [2.05, 4.69) is 5.32 Å². The highest BCUT2D eigenvalue weighted by atomic mass is 16.3. The summed E-state index contributed by atoms with van der Waals surface area (Å²) in [6, 6.07) is 17.6. The zero-order valence-corrected chi connectivity index (χ0v) is 12.8. The number of carbonyl (C=O) groups is 2. The highest BCUT2D eigenvalue weighted by Crippen LogP contribution is 2.29. The lowest BCUT2D eigenvalue weighted by Crippen LogP contribution is -2.41. The van der Waals surface area contributed by atoms with Gasteiger partial charge in [-0.2, -0.15) is 0 Å². The Morgan fingerprint density at radius 1 is 1.04 bits per heavy atom. The second-order valence-electron chi connectivity index (χ2n) is 5.76. The Hall–Kier alpha value is -2.66. The van der Waals surface area contributed by atoms with Gasteiger partial charge in [0, 0.05) is 0 Å². The molecule has 3 rings (SSSR count). The number of β-amino-alcohol motifs (C(OH)–C–C–N with tert-alkyl or cyclic N) is 1. The van der Waals surface area contributed by atoms with Crippen LogP contribution in [0.3, 0.4) is 0 Å². The molecule has 5 nitrogen and oxygen atoms in total. The molecule has 1 saturated heterocycles. The number of hydrogen-bond acceptors (Lipinski definition) is 3. The summed E-state index contributed by atoms with van der Waals surface area (Å²) in [5.41, 5.74) is 0.283. The number of benzene rings is 2. The molecule has 5 heteroatoms. The molecule has 0 aliphatic carbocycles. The van der Waals surface area contributed by atoms with Crippen molar-refractivity contribution in [3.05, 3.63) is 71.8 Å². The molecule has 23 heavy (non-hydrogen) atoms. The van der Waals surface area contributed by atoms with Crippen molar-refractivity contribution in [3.8, 4) is 0 Å². The predicted molar refractivity (Wildman–Crippen MR) is 85.4 cm³/mol. The Kier molecular flexibility index (Phi) is 3.88. The summed E-state index contributed by atoms with van der Waals surface area (Å²) in [4.78, 5) is 26.0. The van der Waals surface area contributed by atoms with Gasteiger partial charge < -0.3 is 10.4 Å². The van der Waals surface area contributed by atoms with E-state index in [1.807, 2.05) is 24.3 Å². The monoisotopic (exact) mass is 310 g/mol.